The smallest absolute Gasteiger partial charge is 0.333 e. The van der Waals surface area contributed by atoms with Gasteiger partial charge in [-0.1, -0.05) is 12.1 Å². The Morgan fingerprint density at radius 1 is 1.04 bits per heavy atom. The number of hydrogen-bond acceptors (Lipinski definition) is 6. The fourth-order valence-corrected chi connectivity index (χ4v) is 4.57. The van der Waals surface area contributed by atoms with Gasteiger partial charge in [0, 0.05) is 5.57 Å². The first-order valence-corrected chi connectivity index (χ1v) is 9.69. The van der Waals surface area contributed by atoms with Gasteiger partial charge in [0.05, 0.1) is 17.8 Å². The van der Waals surface area contributed by atoms with Crippen molar-refractivity contribution in [2.45, 2.75) is 11.3 Å². The van der Waals surface area contributed by atoms with Crippen LogP contribution < -0.4 is 9.47 Å². The molecule has 0 N–H and O–H groups in total. The van der Waals surface area contributed by atoms with Crippen molar-refractivity contribution in [1.82, 2.24) is 0 Å². The van der Waals surface area contributed by atoms with E-state index in [2.05, 4.69) is 0 Å². The van der Waals surface area contributed by atoms with Gasteiger partial charge in [-0.15, -0.1) is 0 Å². The summed E-state index contributed by atoms with van der Waals surface area (Å²) in [6.07, 6.45) is 1.73. The standard InChI is InChI=1S/C19H16O6S/c1-23-19(20)14-6-7-26(21,22)18-5-3-12(8-15(18)9-14)13-2-4-16-17(10-13)25-11-24-16/h2-5,8-10H,6-7,11H2,1H3. The van der Waals surface area contributed by atoms with E-state index in [1.54, 1.807) is 24.3 Å². The summed E-state index contributed by atoms with van der Waals surface area (Å²) in [5.74, 6) is 0.695. The highest BCUT2D eigenvalue weighted by atomic mass is 32.2. The first-order chi connectivity index (χ1) is 12.5. The van der Waals surface area contributed by atoms with Gasteiger partial charge < -0.3 is 14.2 Å². The third-order valence-electron chi connectivity index (χ3n) is 4.47. The molecule has 134 valence electrons. The average Bonchev–Trinajstić information content (AvgIpc) is 3.06. The summed E-state index contributed by atoms with van der Waals surface area (Å²) in [5, 5.41) is 0. The molecule has 0 saturated carbocycles. The Morgan fingerprint density at radius 2 is 1.77 bits per heavy atom. The Labute approximate surface area is 150 Å². The molecule has 0 aliphatic carbocycles. The number of benzene rings is 2. The van der Waals surface area contributed by atoms with E-state index in [-0.39, 0.29) is 23.9 Å². The summed E-state index contributed by atoms with van der Waals surface area (Å²) in [4.78, 5) is 12.1. The molecule has 26 heavy (non-hydrogen) atoms. The highest BCUT2D eigenvalue weighted by molar-refractivity contribution is 7.91. The maximum absolute atomic E-state index is 12.5. The van der Waals surface area contributed by atoms with E-state index in [0.29, 0.717) is 22.6 Å². The molecular formula is C19H16O6S. The van der Waals surface area contributed by atoms with Crippen molar-refractivity contribution in [2.75, 3.05) is 19.7 Å². The molecule has 2 aromatic rings. The highest BCUT2D eigenvalue weighted by Crippen LogP contribution is 2.37. The lowest BCUT2D eigenvalue weighted by Crippen LogP contribution is -2.09. The zero-order valence-corrected chi connectivity index (χ0v) is 14.8. The molecule has 4 rings (SSSR count). The fraction of sp³-hybridized carbons (Fsp3) is 0.211. The lowest BCUT2D eigenvalue weighted by molar-refractivity contribution is -0.136. The quantitative estimate of drug-likeness (QED) is 0.755. The minimum atomic E-state index is -3.47. The average molecular weight is 372 g/mol. The number of sulfone groups is 1. The van der Waals surface area contributed by atoms with E-state index in [1.165, 1.54) is 7.11 Å². The Morgan fingerprint density at radius 3 is 2.58 bits per heavy atom. The molecule has 0 bridgehead atoms. The Bertz CT molecular complexity index is 1040. The molecule has 0 fully saturated rings. The van der Waals surface area contributed by atoms with E-state index in [4.69, 9.17) is 14.2 Å². The van der Waals surface area contributed by atoms with Crippen LogP contribution in [0.1, 0.15) is 12.0 Å². The van der Waals surface area contributed by atoms with Crippen molar-refractivity contribution < 1.29 is 27.4 Å². The summed E-state index contributed by atoms with van der Waals surface area (Å²) in [6, 6.07) is 10.6. The monoisotopic (exact) mass is 372 g/mol. The topological polar surface area (TPSA) is 78.9 Å². The van der Waals surface area contributed by atoms with Crippen LogP contribution in [0.2, 0.25) is 0 Å². The second-order valence-corrected chi connectivity index (χ2v) is 8.13. The molecule has 0 radical (unpaired) electrons. The SMILES string of the molecule is COC(=O)C1=Cc2cc(-c3ccc4c(c3)OCO4)ccc2S(=O)(=O)CC1. The predicted octanol–water partition coefficient (Wildman–Crippen LogP) is 2.82. The number of hydrogen-bond donors (Lipinski definition) is 0. The predicted molar refractivity (Wildman–Crippen MR) is 94.7 cm³/mol. The van der Waals surface area contributed by atoms with Gasteiger partial charge in [-0.3, -0.25) is 0 Å². The molecule has 0 amide bonds. The molecule has 0 spiro atoms. The van der Waals surface area contributed by atoms with E-state index < -0.39 is 15.8 Å². The van der Waals surface area contributed by atoms with Crippen LogP contribution in [-0.2, 0) is 19.4 Å². The number of carbonyl (C=O) groups is 1. The number of rotatable bonds is 2. The highest BCUT2D eigenvalue weighted by Gasteiger charge is 2.25. The third-order valence-corrected chi connectivity index (χ3v) is 6.25. The maximum Gasteiger partial charge on any atom is 0.333 e. The Hall–Kier alpha value is -2.80. The second-order valence-electron chi connectivity index (χ2n) is 6.05. The van der Waals surface area contributed by atoms with Gasteiger partial charge in [-0.25, -0.2) is 13.2 Å². The first-order valence-electron chi connectivity index (χ1n) is 8.04. The lowest BCUT2D eigenvalue weighted by Gasteiger charge is -2.09. The molecule has 0 atom stereocenters. The van der Waals surface area contributed by atoms with Crippen LogP contribution in [0.3, 0.4) is 0 Å². The number of esters is 1. The zero-order valence-electron chi connectivity index (χ0n) is 14.0. The van der Waals surface area contributed by atoms with Gasteiger partial charge in [0.1, 0.15) is 0 Å². The van der Waals surface area contributed by atoms with Gasteiger partial charge >= 0.3 is 5.97 Å². The van der Waals surface area contributed by atoms with Gasteiger partial charge in [0.25, 0.3) is 0 Å². The molecule has 0 saturated heterocycles. The van der Waals surface area contributed by atoms with Crippen molar-refractivity contribution >= 4 is 21.9 Å². The largest absolute Gasteiger partial charge is 0.466 e. The van der Waals surface area contributed by atoms with Crippen LogP contribution in [0.4, 0.5) is 0 Å². The van der Waals surface area contributed by atoms with Gasteiger partial charge in [-0.05, 0) is 53.5 Å². The third kappa shape index (κ3) is 2.84. The summed E-state index contributed by atoms with van der Waals surface area (Å²) in [7, 11) is -2.18. The molecule has 7 heteroatoms. The second kappa shape index (κ2) is 6.17. The van der Waals surface area contributed by atoms with E-state index in [9.17, 15) is 13.2 Å². The first kappa shape index (κ1) is 16.7. The lowest BCUT2D eigenvalue weighted by atomic mass is 10.0. The van der Waals surface area contributed by atoms with E-state index in [0.717, 1.165) is 11.1 Å². The summed E-state index contributed by atoms with van der Waals surface area (Å²) in [5.41, 5.74) is 2.52. The van der Waals surface area contributed by atoms with Crippen molar-refractivity contribution in [1.29, 1.82) is 0 Å². The van der Waals surface area contributed by atoms with E-state index in [1.807, 2.05) is 18.2 Å². The minimum Gasteiger partial charge on any atom is -0.466 e. The molecule has 2 heterocycles. The van der Waals surface area contributed by atoms with Crippen LogP contribution in [-0.4, -0.2) is 34.0 Å². The molecule has 0 unspecified atom stereocenters. The van der Waals surface area contributed by atoms with Gasteiger partial charge in [0.15, 0.2) is 21.3 Å². The number of fused-ring (bicyclic) bond motifs is 2. The van der Waals surface area contributed by atoms with Crippen molar-refractivity contribution in [2.24, 2.45) is 0 Å². The molecule has 6 nitrogen and oxygen atoms in total. The zero-order chi connectivity index (χ0) is 18.3. The van der Waals surface area contributed by atoms with Gasteiger partial charge in [-0.2, -0.15) is 0 Å². The normalized spacial score (nSPS) is 17.0. The van der Waals surface area contributed by atoms with Crippen molar-refractivity contribution in [3.63, 3.8) is 0 Å². The number of ether oxygens (including phenoxy) is 3. The Kier molecular flexibility index (Phi) is 3.96. The number of methoxy groups -OCH3 is 1. The van der Waals surface area contributed by atoms with Crippen LogP contribution >= 0.6 is 0 Å². The minimum absolute atomic E-state index is 0.121. The van der Waals surface area contributed by atoms with Crippen molar-refractivity contribution in [3.8, 4) is 22.6 Å². The molecule has 0 aromatic heterocycles. The fourth-order valence-electron chi connectivity index (χ4n) is 3.11. The molecule has 2 aromatic carbocycles. The summed E-state index contributed by atoms with van der Waals surface area (Å²) in [6.45, 7) is 0.187. The molecule has 2 aliphatic heterocycles. The van der Waals surface area contributed by atoms with Crippen LogP contribution in [0.5, 0.6) is 11.5 Å². The number of carbonyl (C=O) groups excluding carboxylic acids is 1. The molecule has 2 aliphatic rings. The maximum atomic E-state index is 12.5. The molecular weight excluding hydrogens is 356 g/mol. The van der Waals surface area contributed by atoms with Gasteiger partial charge in [0.2, 0.25) is 6.79 Å². The van der Waals surface area contributed by atoms with Crippen LogP contribution in [0.25, 0.3) is 17.2 Å². The van der Waals surface area contributed by atoms with Crippen molar-refractivity contribution in [3.05, 3.63) is 47.5 Å². The Balaban J connectivity index is 1.83. The summed E-state index contributed by atoms with van der Waals surface area (Å²) >= 11 is 0. The van der Waals surface area contributed by atoms with E-state index >= 15 is 0 Å². The van der Waals surface area contributed by atoms with Crippen LogP contribution in [0.15, 0.2) is 46.9 Å². The van der Waals surface area contributed by atoms with Crippen LogP contribution in [0, 0.1) is 0 Å². The summed E-state index contributed by atoms with van der Waals surface area (Å²) < 4.78 is 40.5.